The average Bonchev–Trinajstić information content (AvgIpc) is 2.38. The third-order valence-corrected chi connectivity index (χ3v) is 2.47. The van der Waals surface area contributed by atoms with Crippen molar-refractivity contribution in [2.45, 2.75) is 20.3 Å². The molecule has 1 rings (SSSR count). The SMILES string of the molecule is CCOCCCNc1ccc(C(=O)OC)c(C)n1. The van der Waals surface area contributed by atoms with Crippen LogP contribution < -0.4 is 5.32 Å². The fourth-order valence-electron chi connectivity index (χ4n) is 1.52. The van der Waals surface area contributed by atoms with Crippen LogP contribution in [0.1, 0.15) is 29.4 Å². The molecule has 0 aliphatic heterocycles. The van der Waals surface area contributed by atoms with E-state index >= 15 is 0 Å². The van der Waals surface area contributed by atoms with Gasteiger partial charge in [0, 0.05) is 19.8 Å². The molecule has 0 aliphatic rings. The number of hydrogen-bond donors (Lipinski definition) is 1. The molecule has 0 radical (unpaired) electrons. The molecule has 0 amide bonds. The lowest BCUT2D eigenvalue weighted by Crippen LogP contribution is -2.10. The Kier molecular flexibility index (Phi) is 6.14. The highest BCUT2D eigenvalue weighted by molar-refractivity contribution is 5.90. The van der Waals surface area contributed by atoms with Crippen LogP contribution in [0.3, 0.4) is 0 Å². The molecule has 1 aromatic heterocycles. The molecule has 18 heavy (non-hydrogen) atoms. The molecule has 0 aromatic carbocycles. The van der Waals surface area contributed by atoms with Crippen LogP contribution >= 0.6 is 0 Å². The Morgan fingerprint density at radius 1 is 1.44 bits per heavy atom. The first-order valence-electron chi connectivity index (χ1n) is 6.06. The third kappa shape index (κ3) is 4.33. The number of carbonyl (C=O) groups is 1. The number of methoxy groups -OCH3 is 1. The van der Waals surface area contributed by atoms with Crippen molar-refractivity contribution in [3.8, 4) is 0 Å². The maximum absolute atomic E-state index is 11.4. The van der Waals surface area contributed by atoms with Gasteiger partial charge in [0.15, 0.2) is 0 Å². The lowest BCUT2D eigenvalue weighted by atomic mass is 10.2. The highest BCUT2D eigenvalue weighted by Crippen LogP contribution is 2.11. The third-order valence-electron chi connectivity index (χ3n) is 2.47. The fourth-order valence-corrected chi connectivity index (χ4v) is 1.52. The van der Waals surface area contributed by atoms with E-state index in [9.17, 15) is 4.79 Å². The number of aryl methyl sites for hydroxylation is 1. The highest BCUT2D eigenvalue weighted by Gasteiger charge is 2.10. The minimum atomic E-state index is -0.358. The van der Waals surface area contributed by atoms with Crippen LogP contribution in [0, 0.1) is 6.92 Å². The first kappa shape index (κ1) is 14.4. The van der Waals surface area contributed by atoms with Crippen molar-refractivity contribution < 1.29 is 14.3 Å². The van der Waals surface area contributed by atoms with Gasteiger partial charge in [-0.1, -0.05) is 0 Å². The Balaban J connectivity index is 2.49. The maximum atomic E-state index is 11.4. The van der Waals surface area contributed by atoms with Crippen molar-refractivity contribution in [2.75, 3.05) is 32.2 Å². The summed E-state index contributed by atoms with van der Waals surface area (Å²) in [6.45, 7) is 6.04. The number of anilines is 1. The molecule has 0 atom stereocenters. The zero-order valence-corrected chi connectivity index (χ0v) is 11.2. The summed E-state index contributed by atoms with van der Waals surface area (Å²) in [5.41, 5.74) is 1.16. The number of esters is 1. The Morgan fingerprint density at radius 3 is 2.83 bits per heavy atom. The van der Waals surface area contributed by atoms with Crippen LogP contribution in [0.25, 0.3) is 0 Å². The van der Waals surface area contributed by atoms with Crippen molar-refractivity contribution in [3.63, 3.8) is 0 Å². The molecule has 5 heteroatoms. The van der Waals surface area contributed by atoms with Gasteiger partial charge in [-0.25, -0.2) is 9.78 Å². The lowest BCUT2D eigenvalue weighted by molar-refractivity contribution is 0.0599. The van der Waals surface area contributed by atoms with Crippen molar-refractivity contribution in [1.29, 1.82) is 0 Å². The summed E-state index contributed by atoms with van der Waals surface area (Å²) >= 11 is 0. The Bertz CT molecular complexity index is 394. The van der Waals surface area contributed by atoms with Crippen LogP contribution in [0.5, 0.6) is 0 Å². The minimum Gasteiger partial charge on any atom is -0.465 e. The van der Waals surface area contributed by atoms with E-state index in [1.807, 2.05) is 6.92 Å². The summed E-state index contributed by atoms with van der Waals surface area (Å²) in [6.07, 6.45) is 0.924. The summed E-state index contributed by atoms with van der Waals surface area (Å²) in [7, 11) is 1.36. The standard InChI is InChI=1S/C13H20N2O3/c1-4-18-9-5-8-14-12-7-6-11(10(2)15-12)13(16)17-3/h6-7H,4-5,8-9H2,1-3H3,(H,14,15). The number of nitrogens with one attached hydrogen (secondary N) is 1. The Labute approximate surface area is 108 Å². The molecule has 0 fully saturated rings. The van der Waals surface area contributed by atoms with Crippen molar-refractivity contribution in [1.82, 2.24) is 4.98 Å². The van der Waals surface area contributed by atoms with Gasteiger partial charge in [0.05, 0.1) is 18.4 Å². The predicted molar refractivity (Wildman–Crippen MR) is 69.9 cm³/mol. The van der Waals surface area contributed by atoms with Gasteiger partial charge >= 0.3 is 5.97 Å². The Hall–Kier alpha value is -1.62. The smallest absolute Gasteiger partial charge is 0.339 e. The van der Waals surface area contributed by atoms with Gasteiger partial charge in [-0.15, -0.1) is 0 Å². The van der Waals surface area contributed by atoms with E-state index in [4.69, 9.17) is 4.74 Å². The summed E-state index contributed by atoms with van der Waals surface area (Å²) in [6, 6.07) is 3.50. The second kappa shape index (κ2) is 7.66. The van der Waals surface area contributed by atoms with Gasteiger partial charge in [-0.05, 0) is 32.4 Å². The van der Waals surface area contributed by atoms with Crippen molar-refractivity contribution in [3.05, 3.63) is 23.4 Å². The van der Waals surface area contributed by atoms with Crippen LogP contribution in [0.15, 0.2) is 12.1 Å². The van der Waals surface area contributed by atoms with Crippen LogP contribution in [0.2, 0.25) is 0 Å². The van der Waals surface area contributed by atoms with E-state index in [0.717, 1.165) is 32.0 Å². The van der Waals surface area contributed by atoms with Crippen molar-refractivity contribution in [2.24, 2.45) is 0 Å². The molecule has 0 aliphatic carbocycles. The number of carbonyl (C=O) groups excluding carboxylic acids is 1. The molecule has 100 valence electrons. The van der Waals surface area contributed by atoms with Gasteiger partial charge in [0.2, 0.25) is 0 Å². The second-order valence-corrected chi connectivity index (χ2v) is 3.80. The minimum absolute atomic E-state index is 0.358. The van der Waals surface area contributed by atoms with Crippen LogP contribution in [0.4, 0.5) is 5.82 Å². The topological polar surface area (TPSA) is 60.5 Å². The lowest BCUT2D eigenvalue weighted by Gasteiger charge is -2.08. The number of pyridine rings is 1. The zero-order chi connectivity index (χ0) is 13.4. The van der Waals surface area contributed by atoms with Gasteiger partial charge in [0.1, 0.15) is 5.82 Å². The molecule has 1 N–H and O–H groups in total. The van der Waals surface area contributed by atoms with Gasteiger partial charge < -0.3 is 14.8 Å². The molecule has 0 spiro atoms. The summed E-state index contributed by atoms with van der Waals surface area (Å²) in [5, 5.41) is 3.19. The largest absolute Gasteiger partial charge is 0.465 e. The zero-order valence-electron chi connectivity index (χ0n) is 11.2. The van der Waals surface area contributed by atoms with Gasteiger partial charge in [-0.2, -0.15) is 0 Å². The normalized spacial score (nSPS) is 10.2. The van der Waals surface area contributed by atoms with Gasteiger partial charge in [-0.3, -0.25) is 0 Å². The van der Waals surface area contributed by atoms with E-state index in [1.165, 1.54) is 7.11 Å². The van der Waals surface area contributed by atoms with E-state index in [2.05, 4.69) is 15.0 Å². The van der Waals surface area contributed by atoms with E-state index in [-0.39, 0.29) is 5.97 Å². The number of ether oxygens (including phenoxy) is 2. The number of aromatic nitrogens is 1. The molecule has 1 aromatic rings. The molecular weight excluding hydrogens is 232 g/mol. The molecule has 0 unspecified atom stereocenters. The number of hydrogen-bond acceptors (Lipinski definition) is 5. The molecule has 0 saturated carbocycles. The summed E-state index contributed by atoms with van der Waals surface area (Å²) < 4.78 is 9.91. The first-order chi connectivity index (χ1) is 8.69. The molecule has 0 saturated heterocycles. The van der Waals surface area contributed by atoms with Crippen LogP contribution in [-0.2, 0) is 9.47 Å². The molecule has 5 nitrogen and oxygen atoms in total. The summed E-state index contributed by atoms with van der Waals surface area (Å²) in [4.78, 5) is 15.7. The van der Waals surface area contributed by atoms with E-state index in [1.54, 1.807) is 19.1 Å². The highest BCUT2D eigenvalue weighted by atomic mass is 16.5. The monoisotopic (exact) mass is 252 g/mol. The van der Waals surface area contributed by atoms with E-state index in [0.29, 0.717) is 11.3 Å². The van der Waals surface area contributed by atoms with E-state index < -0.39 is 0 Å². The first-order valence-corrected chi connectivity index (χ1v) is 6.06. The van der Waals surface area contributed by atoms with Crippen LogP contribution in [-0.4, -0.2) is 37.8 Å². The van der Waals surface area contributed by atoms with Crippen molar-refractivity contribution >= 4 is 11.8 Å². The van der Waals surface area contributed by atoms with Gasteiger partial charge in [0.25, 0.3) is 0 Å². The summed E-state index contributed by atoms with van der Waals surface area (Å²) in [5.74, 6) is 0.402. The molecular formula is C13H20N2O3. The molecule has 0 bridgehead atoms. The Morgan fingerprint density at radius 2 is 2.22 bits per heavy atom. The number of rotatable bonds is 7. The quantitative estimate of drug-likeness (QED) is 0.594. The predicted octanol–water partition coefficient (Wildman–Crippen LogP) is 2.02. The number of nitrogens with zero attached hydrogens (tertiary/aromatic N) is 1. The average molecular weight is 252 g/mol. The fraction of sp³-hybridized carbons (Fsp3) is 0.538. The maximum Gasteiger partial charge on any atom is 0.339 e. The second-order valence-electron chi connectivity index (χ2n) is 3.80. The molecule has 1 heterocycles.